The molecule has 1 aliphatic heterocycles. The zero-order valence-corrected chi connectivity index (χ0v) is 10.0. The molecule has 1 amide bonds. The third kappa shape index (κ3) is 2.84. The first kappa shape index (κ1) is 11.6. The Morgan fingerprint density at radius 3 is 2.62 bits per heavy atom. The number of allylic oxidation sites excluding steroid dienone is 2. The van der Waals surface area contributed by atoms with Crippen LogP contribution in [0.3, 0.4) is 0 Å². The number of rotatable bonds is 2. The fourth-order valence-corrected chi connectivity index (χ4v) is 3.93. The van der Waals surface area contributed by atoms with Gasteiger partial charge in [-0.25, -0.2) is 8.42 Å². The van der Waals surface area contributed by atoms with E-state index < -0.39 is 9.84 Å². The quantitative estimate of drug-likeness (QED) is 0.724. The van der Waals surface area contributed by atoms with E-state index in [4.69, 9.17) is 0 Å². The lowest BCUT2D eigenvalue weighted by atomic mass is 9.93. The highest BCUT2D eigenvalue weighted by Crippen LogP contribution is 2.19. The average molecular weight is 243 g/mol. The summed E-state index contributed by atoms with van der Waals surface area (Å²) in [5, 5.41) is 2.85. The van der Waals surface area contributed by atoms with Crippen molar-refractivity contribution in [1.82, 2.24) is 5.32 Å². The molecule has 5 heteroatoms. The number of carbonyl (C=O) groups is 1. The molecule has 0 spiro atoms. The van der Waals surface area contributed by atoms with E-state index in [0.717, 1.165) is 19.3 Å². The van der Waals surface area contributed by atoms with E-state index in [1.165, 1.54) is 0 Å². The smallest absolute Gasteiger partial charge is 0.223 e. The standard InChI is InChI=1S/C11H17NO3S/c13-11(9-4-2-1-3-5-9)12-10-6-7-16(14,15)8-10/h1-2,9-10H,3-8H2,(H,12,13)/t9-,10+/m0/s1. The first-order valence-corrected chi connectivity index (χ1v) is 7.55. The van der Waals surface area contributed by atoms with Gasteiger partial charge in [-0.3, -0.25) is 4.79 Å². The normalized spacial score (nSPS) is 32.5. The van der Waals surface area contributed by atoms with Gasteiger partial charge >= 0.3 is 0 Å². The molecular weight excluding hydrogens is 226 g/mol. The van der Waals surface area contributed by atoms with Gasteiger partial charge in [-0.15, -0.1) is 0 Å². The van der Waals surface area contributed by atoms with E-state index in [-0.39, 0.29) is 29.4 Å². The summed E-state index contributed by atoms with van der Waals surface area (Å²) in [7, 11) is -2.90. The van der Waals surface area contributed by atoms with Crippen molar-refractivity contribution < 1.29 is 13.2 Å². The highest BCUT2D eigenvalue weighted by atomic mass is 32.2. The lowest BCUT2D eigenvalue weighted by molar-refractivity contribution is -0.125. The molecule has 2 rings (SSSR count). The van der Waals surface area contributed by atoms with Gasteiger partial charge in [-0.05, 0) is 25.7 Å². The first-order chi connectivity index (χ1) is 7.57. The van der Waals surface area contributed by atoms with Crippen molar-refractivity contribution in [2.75, 3.05) is 11.5 Å². The molecule has 0 radical (unpaired) electrons. The highest BCUT2D eigenvalue weighted by Gasteiger charge is 2.30. The van der Waals surface area contributed by atoms with Crippen molar-refractivity contribution in [3.8, 4) is 0 Å². The SMILES string of the molecule is O=C(N[C@@H]1CCS(=O)(=O)C1)[C@H]1CC=CCC1. The van der Waals surface area contributed by atoms with E-state index in [2.05, 4.69) is 11.4 Å². The number of carbonyl (C=O) groups excluding carboxylic acids is 1. The minimum atomic E-state index is -2.90. The van der Waals surface area contributed by atoms with Gasteiger partial charge in [0, 0.05) is 12.0 Å². The summed E-state index contributed by atoms with van der Waals surface area (Å²) in [6.07, 6.45) is 7.29. The summed E-state index contributed by atoms with van der Waals surface area (Å²) < 4.78 is 22.5. The molecule has 2 atom stereocenters. The van der Waals surface area contributed by atoms with Crippen LogP contribution in [-0.2, 0) is 14.6 Å². The Bertz CT molecular complexity index is 399. The van der Waals surface area contributed by atoms with Gasteiger partial charge in [-0.1, -0.05) is 12.2 Å². The topological polar surface area (TPSA) is 63.2 Å². The van der Waals surface area contributed by atoms with Gasteiger partial charge in [-0.2, -0.15) is 0 Å². The molecule has 0 aromatic carbocycles. The molecule has 1 fully saturated rings. The molecular formula is C11H17NO3S. The average Bonchev–Trinajstić information content (AvgIpc) is 2.59. The van der Waals surface area contributed by atoms with Crippen LogP contribution < -0.4 is 5.32 Å². The van der Waals surface area contributed by atoms with Crippen molar-refractivity contribution in [1.29, 1.82) is 0 Å². The first-order valence-electron chi connectivity index (χ1n) is 5.72. The molecule has 0 bridgehead atoms. The summed E-state index contributed by atoms with van der Waals surface area (Å²) in [5.41, 5.74) is 0. The number of hydrogen-bond acceptors (Lipinski definition) is 3. The van der Waals surface area contributed by atoms with Gasteiger partial charge in [0.25, 0.3) is 0 Å². The lowest BCUT2D eigenvalue weighted by Gasteiger charge is -2.19. The molecule has 1 N–H and O–H groups in total. The maximum Gasteiger partial charge on any atom is 0.223 e. The molecule has 0 aromatic rings. The molecule has 16 heavy (non-hydrogen) atoms. The van der Waals surface area contributed by atoms with Crippen LogP contribution in [0.5, 0.6) is 0 Å². The van der Waals surface area contributed by atoms with Crippen LogP contribution in [0.15, 0.2) is 12.2 Å². The maximum absolute atomic E-state index is 11.8. The Morgan fingerprint density at radius 1 is 1.25 bits per heavy atom. The number of sulfone groups is 1. The Hall–Kier alpha value is -0.840. The highest BCUT2D eigenvalue weighted by molar-refractivity contribution is 7.91. The van der Waals surface area contributed by atoms with E-state index in [1.54, 1.807) is 0 Å². The second-order valence-corrected chi connectivity index (χ2v) is 6.82. The molecule has 4 nitrogen and oxygen atoms in total. The minimum absolute atomic E-state index is 0.0199. The Kier molecular flexibility index (Phi) is 3.33. The number of amides is 1. The molecule has 1 aliphatic carbocycles. The second kappa shape index (κ2) is 4.57. The number of nitrogens with one attached hydrogen (secondary N) is 1. The van der Waals surface area contributed by atoms with Crippen LogP contribution in [0, 0.1) is 5.92 Å². The van der Waals surface area contributed by atoms with E-state index in [1.807, 2.05) is 6.08 Å². The third-order valence-electron chi connectivity index (χ3n) is 3.22. The largest absolute Gasteiger partial charge is 0.352 e. The fraction of sp³-hybridized carbons (Fsp3) is 0.727. The summed E-state index contributed by atoms with van der Waals surface area (Å²) in [5.74, 6) is 0.379. The van der Waals surface area contributed by atoms with Crippen LogP contribution in [0.2, 0.25) is 0 Å². The fourth-order valence-electron chi connectivity index (χ4n) is 2.26. The lowest BCUT2D eigenvalue weighted by Crippen LogP contribution is -2.39. The molecule has 1 saturated heterocycles. The van der Waals surface area contributed by atoms with E-state index in [0.29, 0.717) is 6.42 Å². The Labute approximate surface area is 96.0 Å². The van der Waals surface area contributed by atoms with Crippen LogP contribution in [0.4, 0.5) is 0 Å². The zero-order valence-electron chi connectivity index (χ0n) is 9.19. The minimum Gasteiger partial charge on any atom is -0.352 e. The third-order valence-corrected chi connectivity index (χ3v) is 4.99. The maximum atomic E-state index is 11.8. The summed E-state index contributed by atoms with van der Waals surface area (Å²) in [4.78, 5) is 11.8. The van der Waals surface area contributed by atoms with E-state index in [9.17, 15) is 13.2 Å². The van der Waals surface area contributed by atoms with Crippen molar-refractivity contribution in [3.63, 3.8) is 0 Å². The number of hydrogen-bond donors (Lipinski definition) is 1. The van der Waals surface area contributed by atoms with Crippen LogP contribution in [0.1, 0.15) is 25.7 Å². The predicted octanol–water partition coefficient (Wildman–Crippen LogP) is 0.646. The monoisotopic (exact) mass is 243 g/mol. The molecule has 90 valence electrons. The summed E-state index contributed by atoms with van der Waals surface area (Å²) in [6, 6.07) is -0.164. The van der Waals surface area contributed by atoms with Gasteiger partial charge in [0.2, 0.25) is 5.91 Å². The van der Waals surface area contributed by atoms with Crippen molar-refractivity contribution in [2.24, 2.45) is 5.92 Å². The molecule has 0 aromatic heterocycles. The molecule has 1 heterocycles. The predicted molar refractivity (Wildman–Crippen MR) is 61.7 cm³/mol. The van der Waals surface area contributed by atoms with Crippen molar-refractivity contribution >= 4 is 15.7 Å². The summed E-state index contributed by atoms with van der Waals surface area (Å²) >= 11 is 0. The van der Waals surface area contributed by atoms with E-state index >= 15 is 0 Å². The second-order valence-electron chi connectivity index (χ2n) is 4.59. The van der Waals surface area contributed by atoms with Gasteiger partial charge in [0.1, 0.15) is 0 Å². The Balaban J connectivity index is 1.86. The Morgan fingerprint density at radius 2 is 2.06 bits per heavy atom. The summed E-state index contributed by atoms with van der Waals surface area (Å²) in [6.45, 7) is 0. The molecule has 0 saturated carbocycles. The van der Waals surface area contributed by atoms with Crippen molar-refractivity contribution in [3.05, 3.63) is 12.2 Å². The van der Waals surface area contributed by atoms with Gasteiger partial charge in [0.05, 0.1) is 11.5 Å². The van der Waals surface area contributed by atoms with Crippen molar-refractivity contribution in [2.45, 2.75) is 31.7 Å². The van der Waals surface area contributed by atoms with Gasteiger partial charge in [0.15, 0.2) is 9.84 Å². The zero-order chi connectivity index (χ0) is 11.6. The van der Waals surface area contributed by atoms with Crippen LogP contribution in [-0.4, -0.2) is 31.9 Å². The molecule has 2 aliphatic rings. The molecule has 0 unspecified atom stereocenters. The van der Waals surface area contributed by atoms with Crippen LogP contribution >= 0.6 is 0 Å². The van der Waals surface area contributed by atoms with Gasteiger partial charge < -0.3 is 5.32 Å². The van der Waals surface area contributed by atoms with Crippen LogP contribution in [0.25, 0.3) is 0 Å².